The quantitative estimate of drug-likeness (QED) is 0.833. The fourth-order valence-corrected chi connectivity index (χ4v) is 3.92. The Bertz CT molecular complexity index is 671. The van der Waals surface area contributed by atoms with Gasteiger partial charge in [-0.25, -0.2) is 12.8 Å². The first kappa shape index (κ1) is 14.6. The molecule has 0 N–H and O–H groups in total. The molecule has 0 atom stereocenters. The van der Waals surface area contributed by atoms with Gasteiger partial charge in [0, 0.05) is 22.9 Å². The molecule has 0 aliphatic carbocycles. The van der Waals surface area contributed by atoms with E-state index in [-0.39, 0.29) is 11.4 Å². The number of benzene rings is 1. The van der Waals surface area contributed by atoms with Crippen LogP contribution >= 0.6 is 27.3 Å². The molecule has 1 aromatic carbocycles. The van der Waals surface area contributed by atoms with Gasteiger partial charge < -0.3 is 0 Å². The van der Waals surface area contributed by atoms with Gasteiger partial charge in [-0.3, -0.25) is 0 Å². The first-order valence-corrected chi connectivity index (χ1v) is 8.46. The number of thiophene rings is 1. The lowest BCUT2D eigenvalue weighted by Crippen LogP contribution is -2.26. The van der Waals surface area contributed by atoms with Gasteiger partial charge in [-0.2, -0.15) is 4.31 Å². The zero-order valence-electron chi connectivity index (χ0n) is 10.0. The van der Waals surface area contributed by atoms with Gasteiger partial charge in [-0.1, -0.05) is 22.0 Å². The molecule has 0 aliphatic rings. The van der Waals surface area contributed by atoms with Crippen LogP contribution in [0.2, 0.25) is 0 Å². The van der Waals surface area contributed by atoms with Crippen molar-refractivity contribution in [2.24, 2.45) is 0 Å². The first-order valence-electron chi connectivity index (χ1n) is 5.35. The highest BCUT2D eigenvalue weighted by Crippen LogP contribution is 2.23. The normalized spacial score (nSPS) is 12.0. The third kappa shape index (κ3) is 3.22. The fourth-order valence-electron chi connectivity index (χ4n) is 1.56. The molecular formula is C12H11BrFNO2S2. The van der Waals surface area contributed by atoms with Gasteiger partial charge >= 0.3 is 0 Å². The highest BCUT2D eigenvalue weighted by atomic mass is 79.9. The summed E-state index contributed by atoms with van der Waals surface area (Å²) in [5.74, 6) is -0.757. The number of hydrogen-bond acceptors (Lipinski definition) is 3. The van der Waals surface area contributed by atoms with Crippen LogP contribution < -0.4 is 0 Å². The molecule has 19 heavy (non-hydrogen) atoms. The molecule has 7 heteroatoms. The zero-order chi connectivity index (χ0) is 14.0. The Morgan fingerprint density at radius 3 is 2.68 bits per heavy atom. The molecule has 0 unspecified atom stereocenters. The molecule has 0 aliphatic heterocycles. The van der Waals surface area contributed by atoms with Crippen LogP contribution in [-0.4, -0.2) is 19.8 Å². The van der Waals surface area contributed by atoms with E-state index in [9.17, 15) is 12.8 Å². The maximum atomic E-state index is 13.8. The first-order chi connectivity index (χ1) is 8.91. The molecule has 0 fully saturated rings. The van der Waals surface area contributed by atoms with Crippen molar-refractivity contribution in [1.29, 1.82) is 0 Å². The van der Waals surface area contributed by atoms with E-state index in [0.29, 0.717) is 4.47 Å². The van der Waals surface area contributed by atoms with E-state index in [1.165, 1.54) is 30.5 Å². The summed E-state index contributed by atoms with van der Waals surface area (Å²) in [6, 6.07) is 7.61. The molecule has 0 amide bonds. The van der Waals surface area contributed by atoms with E-state index >= 15 is 0 Å². The van der Waals surface area contributed by atoms with E-state index in [4.69, 9.17) is 0 Å². The molecule has 1 aromatic heterocycles. The van der Waals surface area contributed by atoms with Gasteiger partial charge in [-0.15, -0.1) is 11.3 Å². The van der Waals surface area contributed by atoms with E-state index in [1.54, 1.807) is 0 Å². The van der Waals surface area contributed by atoms with Gasteiger partial charge in [0.15, 0.2) is 0 Å². The summed E-state index contributed by atoms with van der Waals surface area (Å²) in [6.07, 6.45) is 0. The molecule has 0 saturated heterocycles. The lowest BCUT2D eigenvalue weighted by Gasteiger charge is -2.16. The predicted molar refractivity (Wildman–Crippen MR) is 77.1 cm³/mol. The fraction of sp³-hybridized carbons (Fsp3) is 0.167. The van der Waals surface area contributed by atoms with E-state index in [2.05, 4.69) is 15.9 Å². The minimum absolute atomic E-state index is 0.232. The maximum absolute atomic E-state index is 13.8. The van der Waals surface area contributed by atoms with Crippen LogP contribution in [0.25, 0.3) is 0 Å². The van der Waals surface area contributed by atoms with Crippen LogP contribution in [0.1, 0.15) is 4.88 Å². The van der Waals surface area contributed by atoms with Crippen molar-refractivity contribution < 1.29 is 12.8 Å². The Hall–Kier alpha value is -0.760. The zero-order valence-corrected chi connectivity index (χ0v) is 13.2. The summed E-state index contributed by atoms with van der Waals surface area (Å²) < 4.78 is 39.9. The van der Waals surface area contributed by atoms with E-state index in [0.717, 1.165) is 15.2 Å². The van der Waals surface area contributed by atoms with Crippen LogP contribution in [-0.2, 0) is 16.6 Å². The number of nitrogens with zero attached hydrogens (tertiary/aromatic N) is 1. The minimum Gasteiger partial charge on any atom is -0.207 e. The van der Waals surface area contributed by atoms with Crippen LogP contribution in [0.15, 0.2) is 45.1 Å². The standard InChI is InChI=1S/C12H11BrFNO2S2/c1-15(8-10-3-2-6-18-10)19(16,17)12-5-4-9(13)7-11(12)14/h2-7H,8H2,1H3. The highest BCUT2D eigenvalue weighted by molar-refractivity contribution is 9.10. The van der Waals surface area contributed by atoms with Crippen molar-refractivity contribution in [3.8, 4) is 0 Å². The van der Waals surface area contributed by atoms with E-state index in [1.807, 2.05) is 17.5 Å². The van der Waals surface area contributed by atoms with Gasteiger partial charge in [0.1, 0.15) is 10.7 Å². The smallest absolute Gasteiger partial charge is 0.207 e. The Labute approximate surface area is 123 Å². The lowest BCUT2D eigenvalue weighted by atomic mass is 10.3. The molecule has 3 nitrogen and oxygen atoms in total. The van der Waals surface area contributed by atoms with Gasteiger partial charge in [0.05, 0.1) is 0 Å². The summed E-state index contributed by atoms with van der Waals surface area (Å²) in [5, 5.41) is 1.87. The van der Waals surface area contributed by atoms with E-state index < -0.39 is 15.8 Å². The van der Waals surface area contributed by atoms with Crippen molar-refractivity contribution in [1.82, 2.24) is 4.31 Å². The van der Waals surface area contributed by atoms with Gasteiger partial charge in [-0.05, 0) is 29.6 Å². The highest BCUT2D eigenvalue weighted by Gasteiger charge is 2.24. The van der Waals surface area contributed by atoms with Crippen molar-refractivity contribution in [2.45, 2.75) is 11.4 Å². The lowest BCUT2D eigenvalue weighted by molar-refractivity contribution is 0.462. The molecule has 102 valence electrons. The minimum atomic E-state index is -3.82. The number of sulfonamides is 1. The third-order valence-corrected chi connectivity index (χ3v) is 5.73. The van der Waals surface area contributed by atoms with Crippen molar-refractivity contribution in [2.75, 3.05) is 7.05 Å². The van der Waals surface area contributed by atoms with Crippen LogP contribution in [0.3, 0.4) is 0 Å². The molecular weight excluding hydrogens is 353 g/mol. The number of hydrogen-bond donors (Lipinski definition) is 0. The summed E-state index contributed by atoms with van der Waals surface area (Å²) in [4.78, 5) is 0.596. The Morgan fingerprint density at radius 2 is 2.11 bits per heavy atom. The summed E-state index contributed by atoms with van der Waals surface area (Å²) in [6.45, 7) is 0.232. The SMILES string of the molecule is CN(Cc1cccs1)S(=O)(=O)c1ccc(Br)cc1F. The second-order valence-electron chi connectivity index (χ2n) is 3.92. The maximum Gasteiger partial charge on any atom is 0.246 e. The Kier molecular flexibility index (Phi) is 4.39. The van der Waals surface area contributed by atoms with Crippen molar-refractivity contribution >= 4 is 37.3 Å². The number of halogens is 2. The topological polar surface area (TPSA) is 37.4 Å². The molecule has 0 radical (unpaired) electrons. The molecule has 2 aromatic rings. The molecule has 2 rings (SSSR count). The van der Waals surface area contributed by atoms with Crippen LogP contribution in [0.5, 0.6) is 0 Å². The largest absolute Gasteiger partial charge is 0.246 e. The monoisotopic (exact) mass is 363 g/mol. The van der Waals surface area contributed by atoms with Crippen molar-refractivity contribution in [3.05, 3.63) is 50.9 Å². The third-order valence-electron chi connectivity index (χ3n) is 2.54. The molecule has 1 heterocycles. The Balaban J connectivity index is 2.31. The summed E-state index contributed by atoms with van der Waals surface area (Å²) in [5.41, 5.74) is 0. The average molecular weight is 364 g/mol. The molecule has 0 spiro atoms. The summed E-state index contributed by atoms with van der Waals surface area (Å²) >= 11 is 4.56. The van der Waals surface area contributed by atoms with Crippen LogP contribution in [0.4, 0.5) is 4.39 Å². The predicted octanol–water partition coefficient (Wildman–Crippen LogP) is 3.47. The second-order valence-corrected chi connectivity index (χ2v) is 7.88. The summed E-state index contributed by atoms with van der Waals surface area (Å²) in [7, 11) is -2.38. The average Bonchev–Trinajstić information content (AvgIpc) is 2.81. The number of rotatable bonds is 4. The molecule has 0 bridgehead atoms. The Morgan fingerprint density at radius 1 is 1.37 bits per heavy atom. The van der Waals surface area contributed by atoms with Gasteiger partial charge in [0.2, 0.25) is 10.0 Å². The van der Waals surface area contributed by atoms with Gasteiger partial charge in [0.25, 0.3) is 0 Å². The van der Waals surface area contributed by atoms with Crippen LogP contribution in [0, 0.1) is 5.82 Å². The molecule has 0 saturated carbocycles. The second kappa shape index (κ2) is 5.70. The van der Waals surface area contributed by atoms with Crippen molar-refractivity contribution in [3.63, 3.8) is 0 Å².